The molecular weight excluding hydrogens is 384 g/mol. The maximum absolute atomic E-state index is 13.2. The molecule has 2 aliphatic rings. The summed E-state index contributed by atoms with van der Waals surface area (Å²) < 4.78 is 11.8. The Morgan fingerprint density at radius 1 is 1.20 bits per heavy atom. The van der Waals surface area contributed by atoms with Crippen molar-refractivity contribution < 1.29 is 19.1 Å². The minimum atomic E-state index is -0.440. The van der Waals surface area contributed by atoms with E-state index in [4.69, 9.17) is 9.47 Å². The molecule has 2 N–H and O–H groups in total. The minimum Gasteiger partial charge on any atom is -0.348 e. The molecule has 2 atom stereocenters. The number of unbranched alkanes of at least 4 members (excludes halogenated alkanes) is 1. The molecule has 174 valence electrons. The highest BCUT2D eigenvalue weighted by Crippen LogP contribution is 2.41. The van der Waals surface area contributed by atoms with Gasteiger partial charge in [0.15, 0.2) is 5.79 Å². The molecule has 0 aromatic rings. The Balaban J connectivity index is 1.88. The monoisotopic (exact) mass is 426 g/mol. The van der Waals surface area contributed by atoms with E-state index in [2.05, 4.69) is 15.5 Å². The number of hydrogen-bond donors (Lipinski definition) is 2. The second-order valence-electron chi connectivity index (χ2n) is 8.89. The molecule has 8 heteroatoms. The summed E-state index contributed by atoms with van der Waals surface area (Å²) >= 11 is 0. The van der Waals surface area contributed by atoms with E-state index in [1.807, 2.05) is 28.1 Å². The van der Waals surface area contributed by atoms with Gasteiger partial charge in [0.25, 0.3) is 0 Å². The van der Waals surface area contributed by atoms with E-state index < -0.39 is 5.79 Å². The van der Waals surface area contributed by atoms with E-state index in [-0.39, 0.29) is 17.9 Å². The summed E-state index contributed by atoms with van der Waals surface area (Å²) in [5.74, 6) is -0.390. The van der Waals surface area contributed by atoms with Crippen molar-refractivity contribution in [3.8, 4) is 0 Å². The molecule has 0 unspecified atom stereocenters. The van der Waals surface area contributed by atoms with E-state index in [0.717, 1.165) is 51.5 Å². The maximum Gasteiger partial charge on any atom is 0.324 e. The van der Waals surface area contributed by atoms with Gasteiger partial charge in [-0.15, -0.1) is 0 Å². The zero-order valence-electron chi connectivity index (χ0n) is 19.4. The second kappa shape index (κ2) is 12.6. The molecular formula is C22H42N4O4. The third-order valence-electron chi connectivity index (χ3n) is 6.14. The number of hydrogen-bond acceptors (Lipinski definition) is 6. The first-order valence-corrected chi connectivity index (χ1v) is 11.6. The Morgan fingerprint density at radius 2 is 1.93 bits per heavy atom. The van der Waals surface area contributed by atoms with Gasteiger partial charge in [-0.25, -0.2) is 4.79 Å². The second-order valence-corrected chi connectivity index (χ2v) is 8.89. The zero-order valence-corrected chi connectivity index (χ0v) is 19.4. The molecule has 3 amide bonds. The fraction of sp³-hybridized carbons (Fsp3) is 0.909. The van der Waals surface area contributed by atoms with Crippen molar-refractivity contribution in [3.63, 3.8) is 0 Å². The van der Waals surface area contributed by atoms with Crippen LogP contribution >= 0.6 is 0 Å². The minimum absolute atomic E-state index is 0.0921. The first kappa shape index (κ1) is 25.0. The van der Waals surface area contributed by atoms with Gasteiger partial charge in [-0.05, 0) is 66.2 Å². The van der Waals surface area contributed by atoms with Gasteiger partial charge >= 0.3 is 6.03 Å². The van der Waals surface area contributed by atoms with Crippen molar-refractivity contribution in [1.82, 2.24) is 20.4 Å². The maximum atomic E-state index is 13.2. The average molecular weight is 427 g/mol. The molecule has 1 aliphatic carbocycles. The third kappa shape index (κ3) is 7.48. The van der Waals surface area contributed by atoms with E-state index in [0.29, 0.717) is 38.8 Å². The van der Waals surface area contributed by atoms with Crippen molar-refractivity contribution in [1.29, 1.82) is 0 Å². The van der Waals surface area contributed by atoms with Crippen LogP contribution in [0, 0.1) is 11.8 Å². The summed E-state index contributed by atoms with van der Waals surface area (Å²) in [5, 5.41) is 6.06. The van der Waals surface area contributed by atoms with Crippen molar-refractivity contribution in [2.45, 2.75) is 57.7 Å². The fourth-order valence-electron chi connectivity index (χ4n) is 4.65. The fourth-order valence-corrected chi connectivity index (χ4v) is 4.65. The van der Waals surface area contributed by atoms with Crippen LogP contribution in [0.3, 0.4) is 0 Å². The van der Waals surface area contributed by atoms with Gasteiger partial charge in [0.05, 0.1) is 19.1 Å². The summed E-state index contributed by atoms with van der Waals surface area (Å²) in [5.41, 5.74) is 0. The predicted molar refractivity (Wildman–Crippen MR) is 117 cm³/mol. The normalized spacial score (nSPS) is 21.7. The lowest BCUT2D eigenvalue weighted by molar-refractivity contribution is -0.188. The number of ether oxygens (including phenoxy) is 2. The van der Waals surface area contributed by atoms with Crippen LogP contribution in [0.4, 0.5) is 4.79 Å². The summed E-state index contributed by atoms with van der Waals surface area (Å²) in [7, 11) is 5.93. The highest BCUT2D eigenvalue weighted by molar-refractivity contribution is 5.95. The van der Waals surface area contributed by atoms with Crippen LogP contribution in [0.25, 0.3) is 0 Å². The van der Waals surface area contributed by atoms with Crippen molar-refractivity contribution >= 4 is 11.9 Å². The summed E-state index contributed by atoms with van der Waals surface area (Å²) in [6.07, 6.45) is 6.57. The largest absolute Gasteiger partial charge is 0.348 e. The Kier molecular flexibility index (Phi) is 10.5. The number of carbonyl (C=O) groups excluding carboxylic acids is 2. The highest BCUT2D eigenvalue weighted by atomic mass is 16.7. The summed E-state index contributed by atoms with van der Waals surface area (Å²) in [4.78, 5) is 29.4. The quantitative estimate of drug-likeness (QED) is 0.492. The Labute approximate surface area is 182 Å². The van der Waals surface area contributed by atoms with Crippen LogP contribution in [0.1, 0.15) is 51.9 Å². The molecule has 0 aromatic carbocycles. The van der Waals surface area contributed by atoms with Crippen LogP contribution in [-0.4, -0.2) is 88.1 Å². The molecule has 1 spiro atoms. The lowest BCUT2D eigenvalue weighted by Gasteiger charge is -2.37. The SMILES string of the molecule is CCN(C(=O)NCCCCN(C)C)C(=O)[C@@H](CNC)C[C@H]1CCCC2(C1)OCCO2. The molecule has 0 bridgehead atoms. The number of rotatable bonds is 11. The molecule has 0 aromatic heterocycles. The highest BCUT2D eigenvalue weighted by Gasteiger charge is 2.42. The van der Waals surface area contributed by atoms with Crippen molar-refractivity contribution in [3.05, 3.63) is 0 Å². The number of nitrogens with one attached hydrogen (secondary N) is 2. The molecule has 2 rings (SSSR count). The topological polar surface area (TPSA) is 83.1 Å². The van der Waals surface area contributed by atoms with E-state index in [9.17, 15) is 9.59 Å². The van der Waals surface area contributed by atoms with Crippen LogP contribution in [0.2, 0.25) is 0 Å². The van der Waals surface area contributed by atoms with Crippen molar-refractivity contribution in [2.24, 2.45) is 11.8 Å². The molecule has 1 saturated heterocycles. The zero-order chi connectivity index (χ0) is 22.0. The van der Waals surface area contributed by atoms with E-state index in [1.165, 1.54) is 4.90 Å². The number of nitrogens with zero attached hydrogens (tertiary/aromatic N) is 2. The van der Waals surface area contributed by atoms with Gasteiger partial charge in [-0.1, -0.05) is 6.42 Å². The van der Waals surface area contributed by atoms with Gasteiger partial charge in [-0.3, -0.25) is 9.69 Å². The Morgan fingerprint density at radius 3 is 2.57 bits per heavy atom. The van der Waals surface area contributed by atoms with E-state index in [1.54, 1.807) is 0 Å². The Bertz CT molecular complexity index is 537. The average Bonchev–Trinajstić information content (AvgIpc) is 3.15. The predicted octanol–water partition coefficient (Wildman–Crippen LogP) is 2.05. The molecule has 30 heavy (non-hydrogen) atoms. The first-order valence-electron chi connectivity index (χ1n) is 11.6. The first-order chi connectivity index (χ1) is 14.4. The van der Waals surface area contributed by atoms with Gasteiger partial charge in [0.2, 0.25) is 5.91 Å². The van der Waals surface area contributed by atoms with Crippen LogP contribution in [0.5, 0.6) is 0 Å². The van der Waals surface area contributed by atoms with Crippen LogP contribution in [0.15, 0.2) is 0 Å². The summed E-state index contributed by atoms with van der Waals surface area (Å²) in [6, 6.07) is -0.281. The van der Waals surface area contributed by atoms with Gasteiger partial charge in [0, 0.05) is 32.5 Å². The van der Waals surface area contributed by atoms with Crippen LogP contribution in [-0.2, 0) is 14.3 Å². The molecule has 2 fully saturated rings. The van der Waals surface area contributed by atoms with Gasteiger partial charge < -0.3 is 25.0 Å². The molecule has 1 aliphatic heterocycles. The number of carbonyl (C=O) groups is 2. The van der Waals surface area contributed by atoms with Crippen LogP contribution < -0.4 is 10.6 Å². The molecule has 0 radical (unpaired) electrons. The smallest absolute Gasteiger partial charge is 0.324 e. The van der Waals surface area contributed by atoms with Gasteiger partial charge in [0.1, 0.15) is 0 Å². The lowest BCUT2D eigenvalue weighted by Crippen LogP contribution is -2.48. The molecule has 1 saturated carbocycles. The number of amides is 3. The van der Waals surface area contributed by atoms with Crippen molar-refractivity contribution in [2.75, 3.05) is 60.5 Å². The number of urea groups is 1. The van der Waals surface area contributed by atoms with Gasteiger partial charge in [-0.2, -0.15) is 0 Å². The lowest BCUT2D eigenvalue weighted by atomic mass is 9.79. The standard InChI is InChI=1S/C22H42N4O4/c1-5-26(21(28)24-11-6-7-12-25(3)4)20(27)19(17-23-2)15-18-9-8-10-22(16-18)29-13-14-30-22/h18-19,23H,5-17H2,1-4H3,(H,24,28)/t18-,19-/m1/s1. The number of imide groups is 1. The summed E-state index contributed by atoms with van der Waals surface area (Å²) in [6.45, 7) is 5.70. The van der Waals surface area contributed by atoms with E-state index >= 15 is 0 Å². The molecule has 8 nitrogen and oxygen atoms in total. The molecule has 1 heterocycles. The Hall–Kier alpha value is -1.22. The third-order valence-corrected chi connectivity index (χ3v) is 6.14.